The van der Waals surface area contributed by atoms with Crippen molar-refractivity contribution in [2.75, 3.05) is 10.6 Å². The van der Waals surface area contributed by atoms with Crippen molar-refractivity contribution < 1.29 is 9.18 Å². The number of anilines is 2. The van der Waals surface area contributed by atoms with Gasteiger partial charge in [-0.15, -0.1) is 0 Å². The van der Waals surface area contributed by atoms with Gasteiger partial charge in [-0.1, -0.05) is 18.5 Å². The Morgan fingerprint density at radius 3 is 2.89 bits per heavy atom. The molecule has 1 amide bonds. The third-order valence-electron chi connectivity index (χ3n) is 3.97. The Bertz CT molecular complexity index is 1070. The Balaban J connectivity index is 1.88. The minimum absolute atomic E-state index is 0.0242. The van der Waals surface area contributed by atoms with Crippen LogP contribution < -0.4 is 16.2 Å². The van der Waals surface area contributed by atoms with E-state index in [2.05, 4.69) is 25.6 Å². The van der Waals surface area contributed by atoms with E-state index in [0.29, 0.717) is 28.7 Å². The standard InChI is InChI=1S/C18H17ClFN5O2/c1-3-16(26)24-15-4-5-21-18(25-15)22-9(2)11-6-10-7-12(19)13(20)8-14(10)23-17(11)27/h4-9H,3H2,1-2H3,(H,23,27)(H2,21,22,24,25,26)/t9-/m0/s1. The molecule has 3 aromatic rings. The summed E-state index contributed by atoms with van der Waals surface area (Å²) in [5.41, 5.74) is 0.412. The number of aromatic amines is 1. The number of carbonyl (C=O) groups is 1. The van der Waals surface area contributed by atoms with Gasteiger partial charge >= 0.3 is 0 Å². The zero-order valence-corrected chi connectivity index (χ0v) is 15.4. The number of halogens is 2. The van der Waals surface area contributed by atoms with E-state index in [9.17, 15) is 14.0 Å². The molecular weight excluding hydrogens is 373 g/mol. The molecule has 2 aromatic heterocycles. The second-order valence-electron chi connectivity index (χ2n) is 5.94. The fourth-order valence-electron chi connectivity index (χ4n) is 2.54. The second-order valence-corrected chi connectivity index (χ2v) is 6.35. The summed E-state index contributed by atoms with van der Waals surface area (Å²) in [6.07, 6.45) is 1.83. The summed E-state index contributed by atoms with van der Waals surface area (Å²) in [4.78, 5) is 34.8. The molecule has 0 radical (unpaired) electrons. The fraction of sp³-hybridized carbons (Fsp3) is 0.222. The molecule has 0 fully saturated rings. The van der Waals surface area contributed by atoms with Crippen LogP contribution in [0, 0.1) is 5.82 Å². The van der Waals surface area contributed by atoms with Crippen LogP contribution in [0.15, 0.2) is 35.3 Å². The minimum Gasteiger partial charge on any atom is -0.347 e. The van der Waals surface area contributed by atoms with E-state index in [0.717, 1.165) is 0 Å². The Morgan fingerprint density at radius 1 is 1.37 bits per heavy atom. The highest BCUT2D eigenvalue weighted by Crippen LogP contribution is 2.23. The van der Waals surface area contributed by atoms with E-state index >= 15 is 0 Å². The van der Waals surface area contributed by atoms with E-state index in [1.54, 1.807) is 26.0 Å². The van der Waals surface area contributed by atoms with Crippen LogP contribution in [0.5, 0.6) is 0 Å². The van der Waals surface area contributed by atoms with E-state index in [4.69, 9.17) is 11.6 Å². The van der Waals surface area contributed by atoms with Crippen LogP contribution in [0.4, 0.5) is 16.2 Å². The van der Waals surface area contributed by atoms with Crippen molar-refractivity contribution in [2.24, 2.45) is 0 Å². The molecule has 0 aliphatic rings. The lowest BCUT2D eigenvalue weighted by Crippen LogP contribution is -2.20. The SMILES string of the molecule is CCC(=O)Nc1ccnc(N[C@@H](C)c2cc3cc(Cl)c(F)cc3[nH]c2=O)n1. The van der Waals surface area contributed by atoms with Gasteiger partial charge < -0.3 is 15.6 Å². The average molecular weight is 390 g/mol. The van der Waals surface area contributed by atoms with Gasteiger partial charge in [0.05, 0.1) is 16.6 Å². The highest BCUT2D eigenvalue weighted by atomic mass is 35.5. The lowest BCUT2D eigenvalue weighted by molar-refractivity contribution is -0.115. The largest absolute Gasteiger partial charge is 0.347 e. The first kappa shape index (κ1) is 18.8. The predicted molar refractivity (Wildman–Crippen MR) is 103 cm³/mol. The molecule has 2 heterocycles. The van der Waals surface area contributed by atoms with Crippen molar-refractivity contribution in [3.63, 3.8) is 0 Å². The maximum Gasteiger partial charge on any atom is 0.253 e. The summed E-state index contributed by atoms with van der Waals surface area (Å²) in [7, 11) is 0. The third kappa shape index (κ3) is 4.22. The van der Waals surface area contributed by atoms with Gasteiger partial charge in [-0.3, -0.25) is 9.59 Å². The summed E-state index contributed by atoms with van der Waals surface area (Å²) < 4.78 is 13.6. The molecule has 3 rings (SSSR count). The first-order valence-corrected chi connectivity index (χ1v) is 8.66. The molecule has 0 saturated carbocycles. The van der Waals surface area contributed by atoms with Crippen molar-refractivity contribution in [1.29, 1.82) is 0 Å². The number of fused-ring (bicyclic) bond motifs is 1. The summed E-state index contributed by atoms with van der Waals surface area (Å²) in [6.45, 7) is 3.50. The van der Waals surface area contributed by atoms with Crippen LogP contribution in [-0.4, -0.2) is 20.9 Å². The molecule has 7 nitrogen and oxygen atoms in total. The smallest absolute Gasteiger partial charge is 0.253 e. The normalized spacial score (nSPS) is 12.0. The number of hydrogen-bond donors (Lipinski definition) is 3. The molecule has 0 spiro atoms. The zero-order valence-electron chi connectivity index (χ0n) is 14.6. The minimum atomic E-state index is -0.599. The summed E-state index contributed by atoms with van der Waals surface area (Å²) in [5.74, 6) is -0.143. The number of H-pyrrole nitrogens is 1. The van der Waals surface area contributed by atoms with E-state index < -0.39 is 11.9 Å². The van der Waals surface area contributed by atoms with Crippen LogP contribution >= 0.6 is 11.6 Å². The van der Waals surface area contributed by atoms with Crippen LogP contribution in [-0.2, 0) is 4.79 Å². The molecule has 0 bridgehead atoms. The monoisotopic (exact) mass is 389 g/mol. The predicted octanol–water partition coefficient (Wildman–Crippen LogP) is 3.63. The lowest BCUT2D eigenvalue weighted by atomic mass is 10.1. The molecule has 1 atom stereocenters. The summed E-state index contributed by atoms with van der Waals surface area (Å²) >= 11 is 5.82. The van der Waals surface area contributed by atoms with Gasteiger partial charge in [-0.25, -0.2) is 9.37 Å². The van der Waals surface area contributed by atoms with E-state index in [1.165, 1.54) is 18.3 Å². The third-order valence-corrected chi connectivity index (χ3v) is 4.26. The van der Waals surface area contributed by atoms with Crippen LogP contribution in [0.25, 0.3) is 10.9 Å². The average Bonchev–Trinajstić information content (AvgIpc) is 2.62. The number of rotatable bonds is 5. The zero-order chi connectivity index (χ0) is 19.6. The topological polar surface area (TPSA) is 99.8 Å². The quantitative estimate of drug-likeness (QED) is 0.618. The van der Waals surface area contributed by atoms with E-state index in [-0.39, 0.29) is 22.4 Å². The number of aromatic nitrogens is 3. The fourth-order valence-corrected chi connectivity index (χ4v) is 2.71. The molecular formula is C18H17ClFN5O2. The molecule has 3 N–H and O–H groups in total. The Labute approximate surface area is 159 Å². The van der Waals surface area contributed by atoms with Crippen molar-refractivity contribution in [3.8, 4) is 0 Å². The molecule has 0 unspecified atom stereocenters. The number of hydrogen-bond acceptors (Lipinski definition) is 5. The molecule has 27 heavy (non-hydrogen) atoms. The number of amides is 1. The first-order valence-electron chi connectivity index (χ1n) is 8.28. The number of benzene rings is 1. The number of nitrogens with zero attached hydrogens (tertiary/aromatic N) is 2. The lowest BCUT2D eigenvalue weighted by Gasteiger charge is -2.15. The summed E-state index contributed by atoms with van der Waals surface area (Å²) in [5, 5.41) is 6.25. The van der Waals surface area contributed by atoms with Crippen molar-refractivity contribution >= 4 is 40.2 Å². The maximum atomic E-state index is 13.6. The van der Waals surface area contributed by atoms with Gasteiger partial charge in [0.2, 0.25) is 11.9 Å². The van der Waals surface area contributed by atoms with Crippen LogP contribution in [0.3, 0.4) is 0 Å². The van der Waals surface area contributed by atoms with Gasteiger partial charge in [-0.05, 0) is 31.2 Å². The highest BCUT2D eigenvalue weighted by molar-refractivity contribution is 6.31. The van der Waals surface area contributed by atoms with Crippen LogP contribution in [0.1, 0.15) is 31.9 Å². The van der Waals surface area contributed by atoms with Gasteiger partial charge in [-0.2, -0.15) is 4.98 Å². The number of carbonyl (C=O) groups excluding carboxylic acids is 1. The first-order chi connectivity index (χ1) is 12.9. The molecule has 9 heteroatoms. The number of pyridine rings is 1. The Kier molecular flexibility index (Phi) is 5.36. The maximum absolute atomic E-state index is 13.6. The molecule has 140 valence electrons. The van der Waals surface area contributed by atoms with Crippen molar-refractivity contribution in [2.45, 2.75) is 26.3 Å². The summed E-state index contributed by atoms with van der Waals surface area (Å²) in [6, 6.07) is 5.40. The van der Waals surface area contributed by atoms with Crippen LogP contribution in [0.2, 0.25) is 5.02 Å². The van der Waals surface area contributed by atoms with Gasteiger partial charge in [0, 0.05) is 23.6 Å². The molecule has 0 aliphatic carbocycles. The highest BCUT2D eigenvalue weighted by Gasteiger charge is 2.14. The van der Waals surface area contributed by atoms with Gasteiger partial charge in [0.15, 0.2) is 0 Å². The van der Waals surface area contributed by atoms with Crippen molar-refractivity contribution in [1.82, 2.24) is 15.0 Å². The Morgan fingerprint density at radius 2 is 2.15 bits per heavy atom. The van der Waals surface area contributed by atoms with Gasteiger partial charge in [0.1, 0.15) is 11.6 Å². The molecule has 0 saturated heterocycles. The van der Waals surface area contributed by atoms with Crippen molar-refractivity contribution in [3.05, 3.63) is 57.2 Å². The van der Waals surface area contributed by atoms with Gasteiger partial charge in [0.25, 0.3) is 5.56 Å². The van der Waals surface area contributed by atoms with E-state index in [1.807, 2.05) is 0 Å². The number of nitrogens with one attached hydrogen (secondary N) is 3. The molecule has 0 aliphatic heterocycles. The second kappa shape index (κ2) is 7.71. The molecule has 1 aromatic carbocycles. The Hall–Kier alpha value is -3.00.